The van der Waals surface area contributed by atoms with Crippen LogP contribution in [0, 0.1) is 0 Å². The van der Waals surface area contributed by atoms with Crippen molar-refractivity contribution in [3.63, 3.8) is 0 Å². The molecule has 0 saturated heterocycles. The predicted octanol–water partition coefficient (Wildman–Crippen LogP) is 4.27. The van der Waals surface area contributed by atoms with Crippen LogP contribution in [0.15, 0.2) is 0 Å². The Labute approximate surface area is 123 Å². The monoisotopic (exact) mass is 324 g/mol. The van der Waals surface area contributed by atoms with Gasteiger partial charge in [0.1, 0.15) is 11.9 Å². The fourth-order valence-electron chi connectivity index (χ4n) is 1.18. The molecule has 0 spiro atoms. The summed E-state index contributed by atoms with van der Waals surface area (Å²) in [6.07, 6.45) is 2.56. The molecule has 0 aromatic heterocycles. The molecule has 0 saturated carbocycles. The lowest BCUT2D eigenvalue weighted by molar-refractivity contribution is -0.128. The van der Waals surface area contributed by atoms with Gasteiger partial charge < -0.3 is 4.89 Å². The zero-order valence-electron chi connectivity index (χ0n) is 13.6. The van der Waals surface area contributed by atoms with Crippen LogP contribution < -0.4 is 0 Å². The molecule has 0 rings (SSSR count). The van der Waals surface area contributed by atoms with Crippen molar-refractivity contribution >= 4 is 21.7 Å². The molecule has 0 bridgehead atoms. The standard InChI is InChI=1S/C13H29O5PSi/c1-7-8-9-10-12(14)11-19(15,16)17-18-20(5,6)13(2,3)4/h7-11H2,1-6H3,(H,15,16). The number of ketones is 1. The molecule has 0 fully saturated rings. The minimum absolute atomic E-state index is 0.127. The fraction of sp³-hybridized carbons (Fsp3) is 0.923. The Balaban J connectivity index is 4.33. The first-order chi connectivity index (χ1) is 8.91. The third-order valence-corrected chi connectivity index (χ3v) is 8.92. The normalized spacial score (nSPS) is 15.9. The van der Waals surface area contributed by atoms with Crippen molar-refractivity contribution in [1.82, 2.24) is 0 Å². The molecule has 120 valence electrons. The lowest BCUT2D eigenvalue weighted by Crippen LogP contribution is -2.40. The zero-order valence-corrected chi connectivity index (χ0v) is 15.5. The Bertz CT molecular complexity index is 362. The van der Waals surface area contributed by atoms with Crippen LogP contribution in [0.25, 0.3) is 0 Å². The quantitative estimate of drug-likeness (QED) is 0.225. The highest BCUT2D eigenvalue weighted by Gasteiger charge is 2.41. The van der Waals surface area contributed by atoms with Crippen molar-refractivity contribution in [2.45, 2.75) is 71.5 Å². The van der Waals surface area contributed by atoms with Crippen LogP contribution in [0.4, 0.5) is 0 Å². The van der Waals surface area contributed by atoms with Gasteiger partial charge in [0.05, 0.1) is 0 Å². The average molecular weight is 324 g/mol. The van der Waals surface area contributed by atoms with Gasteiger partial charge in [0.2, 0.25) is 8.32 Å². The van der Waals surface area contributed by atoms with E-state index < -0.39 is 22.1 Å². The van der Waals surface area contributed by atoms with Crippen LogP contribution in [0.2, 0.25) is 18.1 Å². The SMILES string of the molecule is CCCCCC(=O)CP(=O)(O)OO[Si](C)(C)C(C)(C)C. The van der Waals surface area contributed by atoms with E-state index in [4.69, 9.17) is 9.25 Å². The number of Topliss-reactive ketones (excluding diaryl/α,β-unsaturated/α-hetero) is 1. The van der Waals surface area contributed by atoms with Crippen LogP contribution in [0.5, 0.6) is 0 Å². The van der Waals surface area contributed by atoms with E-state index in [1.54, 1.807) is 0 Å². The molecule has 7 heteroatoms. The maximum Gasteiger partial charge on any atom is 0.361 e. The van der Waals surface area contributed by atoms with Crippen molar-refractivity contribution in [2.24, 2.45) is 0 Å². The van der Waals surface area contributed by atoms with Gasteiger partial charge in [0.25, 0.3) is 0 Å². The maximum absolute atomic E-state index is 11.8. The van der Waals surface area contributed by atoms with E-state index in [1.807, 2.05) is 40.8 Å². The minimum atomic E-state index is -4.00. The molecule has 1 unspecified atom stereocenters. The van der Waals surface area contributed by atoms with Crippen molar-refractivity contribution in [3.05, 3.63) is 0 Å². The van der Waals surface area contributed by atoms with Gasteiger partial charge in [0, 0.05) is 6.42 Å². The predicted molar refractivity (Wildman–Crippen MR) is 83.2 cm³/mol. The number of unbranched alkanes of at least 4 members (excludes halogenated alkanes) is 2. The molecular formula is C13H29O5PSi. The summed E-state index contributed by atoms with van der Waals surface area (Å²) >= 11 is 0. The molecule has 0 radical (unpaired) electrons. The van der Waals surface area contributed by atoms with Gasteiger partial charge in [-0.15, -0.1) is 0 Å². The Morgan fingerprint density at radius 3 is 2.25 bits per heavy atom. The van der Waals surface area contributed by atoms with E-state index in [0.717, 1.165) is 19.3 Å². The highest BCUT2D eigenvalue weighted by atomic mass is 31.2. The molecule has 1 atom stereocenters. The summed E-state index contributed by atoms with van der Waals surface area (Å²) in [7, 11) is -6.26. The van der Waals surface area contributed by atoms with Gasteiger partial charge in [-0.1, -0.05) is 40.5 Å². The van der Waals surface area contributed by atoms with Crippen molar-refractivity contribution in [3.8, 4) is 0 Å². The molecular weight excluding hydrogens is 295 g/mol. The summed E-state index contributed by atoms with van der Waals surface area (Å²) in [6, 6.07) is 0. The van der Waals surface area contributed by atoms with E-state index in [0.29, 0.717) is 6.42 Å². The van der Waals surface area contributed by atoms with Gasteiger partial charge in [-0.3, -0.25) is 13.9 Å². The van der Waals surface area contributed by atoms with Gasteiger partial charge in [0.15, 0.2) is 0 Å². The Morgan fingerprint density at radius 1 is 1.25 bits per heavy atom. The summed E-state index contributed by atoms with van der Waals surface area (Å²) in [6.45, 7) is 11.9. The summed E-state index contributed by atoms with van der Waals surface area (Å²) in [4.78, 5) is 21.3. The Morgan fingerprint density at radius 2 is 1.80 bits per heavy atom. The molecule has 1 N–H and O–H groups in total. The highest BCUT2D eigenvalue weighted by molar-refractivity contribution is 7.53. The molecule has 0 aromatic rings. The van der Waals surface area contributed by atoms with Gasteiger partial charge in [-0.2, -0.15) is 4.67 Å². The smallest absolute Gasteiger partial charge is 0.322 e. The molecule has 20 heavy (non-hydrogen) atoms. The van der Waals surface area contributed by atoms with Gasteiger partial charge >= 0.3 is 7.60 Å². The first kappa shape index (κ1) is 20.0. The second kappa shape index (κ2) is 7.85. The van der Waals surface area contributed by atoms with E-state index in [-0.39, 0.29) is 10.8 Å². The van der Waals surface area contributed by atoms with Crippen LogP contribution in [0.3, 0.4) is 0 Å². The van der Waals surface area contributed by atoms with E-state index in [2.05, 4.69) is 0 Å². The Kier molecular flexibility index (Phi) is 7.85. The van der Waals surface area contributed by atoms with Crippen molar-refractivity contribution in [2.75, 3.05) is 6.16 Å². The lowest BCUT2D eigenvalue weighted by atomic mass is 10.2. The van der Waals surface area contributed by atoms with Crippen molar-refractivity contribution < 1.29 is 23.5 Å². The summed E-state index contributed by atoms with van der Waals surface area (Å²) in [5.74, 6) is -0.247. The second-order valence-corrected chi connectivity index (χ2v) is 13.1. The summed E-state index contributed by atoms with van der Waals surface area (Å²) < 4.78 is 21.8. The fourth-order valence-corrected chi connectivity index (χ4v) is 3.29. The van der Waals surface area contributed by atoms with Gasteiger partial charge in [-0.05, 0) is 24.6 Å². The van der Waals surface area contributed by atoms with E-state index >= 15 is 0 Å². The maximum atomic E-state index is 11.8. The number of hydrogen-bond acceptors (Lipinski definition) is 4. The third kappa shape index (κ3) is 7.69. The molecule has 5 nitrogen and oxygen atoms in total. The molecule has 0 amide bonds. The van der Waals surface area contributed by atoms with Crippen LogP contribution in [0.1, 0.15) is 53.4 Å². The first-order valence-corrected chi connectivity index (χ1v) is 11.8. The number of rotatable bonds is 9. The number of hydrogen-bond donors (Lipinski definition) is 1. The van der Waals surface area contributed by atoms with Crippen molar-refractivity contribution in [1.29, 1.82) is 0 Å². The molecule has 0 aliphatic carbocycles. The molecule has 0 aromatic carbocycles. The van der Waals surface area contributed by atoms with Gasteiger partial charge in [-0.25, -0.2) is 0 Å². The summed E-state index contributed by atoms with van der Waals surface area (Å²) in [5, 5.41) is -0.127. The Hall–Kier alpha value is -0.00312. The topological polar surface area (TPSA) is 72.8 Å². The number of carbonyl (C=O) groups is 1. The molecule has 0 aliphatic rings. The highest BCUT2D eigenvalue weighted by Crippen LogP contribution is 2.46. The largest absolute Gasteiger partial charge is 0.361 e. The molecule has 0 aliphatic heterocycles. The number of carbonyl (C=O) groups excluding carboxylic acids is 1. The van der Waals surface area contributed by atoms with E-state index in [1.165, 1.54) is 0 Å². The van der Waals surface area contributed by atoms with E-state index in [9.17, 15) is 14.3 Å². The zero-order chi connectivity index (χ0) is 16.0. The van der Waals surface area contributed by atoms with Crippen LogP contribution >= 0.6 is 7.60 Å². The lowest BCUT2D eigenvalue weighted by Gasteiger charge is -2.34. The summed E-state index contributed by atoms with van der Waals surface area (Å²) in [5.41, 5.74) is 0. The first-order valence-electron chi connectivity index (χ1n) is 7.12. The third-order valence-electron chi connectivity index (χ3n) is 3.60. The van der Waals surface area contributed by atoms with Crippen LogP contribution in [-0.2, 0) is 18.6 Å². The average Bonchev–Trinajstić information content (AvgIpc) is 2.25. The molecule has 0 heterocycles. The second-order valence-electron chi connectivity index (χ2n) is 6.71. The minimum Gasteiger partial charge on any atom is -0.322 e. The van der Waals surface area contributed by atoms with Crippen LogP contribution in [-0.4, -0.2) is 25.2 Å².